The Morgan fingerprint density at radius 1 is 0.594 bits per heavy atom. The summed E-state index contributed by atoms with van der Waals surface area (Å²) in [6, 6.07) is 17.2. The molecule has 6 heteroatoms. The average Bonchev–Trinajstić information content (AvgIpc) is 2.82. The zero-order valence-electron chi connectivity index (χ0n) is 17.6. The summed E-state index contributed by atoms with van der Waals surface area (Å²) in [6.45, 7) is 0. The monoisotopic (exact) mass is 430 g/mol. The number of ether oxygens (including phenoxy) is 2. The molecule has 3 rings (SSSR count). The van der Waals surface area contributed by atoms with Gasteiger partial charge in [0.1, 0.15) is 22.6 Å². The summed E-state index contributed by atoms with van der Waals surface area (Å²) in [5.74, 6) is -1.45. The van der Waals surface area contributed by atoms with Gasteiger partial charge in [-0.25, -0.2) is 9.59 Å². The van der Waals surface area contributed by atoms with Gasteiger partial charge in [-0.05, 0) is 46.5 Å². The second kappa shape index (κ2) is 10.1. The van der Waals surface area contributed by atoms with Crippen molar-refractivity contribution in [2.75, 3.05) is 14.2 Å². The van der Waals surface area contributed by atoms with Crippen LogP contribution in [0.25, 0.3) is 24.3 Å². The van der Waals surface area contributed by atoms with Gasteiger partial charge in [-0.1, -0.05) is 60.7 Å². The van der Waals surface area contributed by atoms with Crippen LogP contribution in [-0.2, 0) is 9.47 Å². The Labute approximate surface area is 185 Å². The van der Waals surface area contributed by atoms with Gasteiger partial charge in [-0.3, -0.25) is 0 Å². The van der Waals surface area contributed by atoms with Crippen molar-refractivity contribution in [3.8, 4) is 11.5 Å². The van der Waals surface area contributed by atoms with Crippen molar-refractivity contribution < 1.29 is 29.3 Å². The van der Waals surface area contributed by atoms with Crippen molar-refractivity contribution in [3.63, 3.8) is 0 Å². The molecular weight excluding hydrogens is 408 g/mol. The summed E-state index contributed by atoms with van der Waals surface area (Å²) < 4.78 is 9.34. The van der Waals surface area contributed by atoms with E-state index in [1.165, 1.54) is 26.4 Å². The lowest BCUT2D eigenvalue weighted by molar-refractivity contribution is 0.0588. The number of aromatic hydroxyl groups is 2. The fourth-order valence-corrected chi connectivity index (χ4v) is 2.96. The van der Waals surface area contributed by atoms with E-state index < -0.39 is 11.9 Å². The third-order valence-corrected chi connectivity index (χ3v) is 4.72. The molecule has 0 bridgehead atoms. The SMILES string of the molecule is COC(=O)c1cc(C=Cc2ccc(C=Cc3ccc(O)c(C(=O)OC)c3)cc2)ccc1O. The molecule has 0 saturated carbocycles. The number of carbonyl (C=O) groups is 2. The number of rotatable bonds is 6. The lowest BCUT2D eigenvalue weighted by atomic mass is 10.1. The predicted octanol–water partition coefficient (Wildman–Crippen LogP) is 5.01. The molecule has 0 heterocycles. The summed E-state index contributed by atoms with van der Waals surface area (Å²) in [5.41, 5.74) is 3.63. The molecule has 0 aromatic heterocycles. The minimum atomic E-state index is -0.596. The molecule has 0 atom stereocenters. The van der Waals surface area contributed by atoms with E-state index in [2.05, 4.69) is 9.47 Å². The zero-order valence-corrected chi connectivity index (χ0v) is 17.6. The number of carbonyl (C=O) groups excluding carboxylic acids is 2. The molecule has 0 fully saturated rings. The van der Waals surface area contributed by atoms with E-state index in [4.69, 9.17) is 0 Å². The van der Waals surface area contributed by atoms with E-state index in [1.807, 2.05) is 48.6 Å². The molecule has 0 aliphatic carbocycles. The number of phenols is 2. The van der Waals surface area contributed by atoms with Crippen LogP contribution in [0.5, 0.6) is 11.5 Å². The van der Waals surface area contributed by atoms with Crippen molar-refractivity contribution in [2.24, 2.45) is 0 Å². The van der Waals surface area contributed by atoms with E-state index in [-0.39, 0.29) is 22.6 Å². The van der Waals surface area contributed by atoms with Gasteiger partial charge in [-0.15, -0.1) is 0 Å². The molecule has 32 heavy (non-hydrogen) atoms. The maximum absolute atomic E-state index is 11.7. The van der Waals surface area contributed by atoms with Crippen molar-refractivity contribution >= 4 is 36.2 Å². The van der Waals surface area contributed by atoms with E-state index in [0.29, 0.717) is 0 Å². The number of methoxy groups -OCH3 is 2. The third kappa shape index (κ3) is 5.43. The average molecular weight is 430 g/mol. The summed E-state index contributed by atoms with van der Waals surface area (Å²) in [4.78, 5) is 23.4. The van der Waals surface area contributed by atoms with Gasteiger partial charge in [-0.2, -0.15) is 0 Å². The quantitative estimate of drug-likeness (QED) is 0.422. The molecule has 0 spiro atoms. The molecule has 162 valence electrons. The van der Waals surface area contributed by atoms with Crippen LogP contribution in [0, 0.1) is 0 Å². The minimum absolute atomic E-state index is 0.111. The van der Waals surface area contributed by atoms with Crippen molar-refractivity contribution in [1.29, 1.82) is 0 Å². The Balaban J connectivity index is 1.72. The highest BCUT2D eigenvalue weighted by atomic mass is 16.5. The van der Waals surface area contributed by atoms with Crippen LogP contribution < -0.4 is 0 Å². The Hall–Kier alpha value is -4.32. The Kier molecular flexibility index (Phi) is 7.08. The van der Waals surface area contributed by atoms with Crippen molar-refractivity contribution in [1.82, 2.24) is 0 Å². The van der Waals surface area contributed by atoms with Crippen LogP contribution in [0.4, 0.5) is 0 Å². The van der Waals surface area contributed by atoms with E-state index >= 15 is 0 Å². The standard InChI is InChI=1S/C26H22O6/c1-31-25(29)21-15-19(11-13-23(21)27)9-7-17-3-5-18(6-4-17)8-10-20-12-14-24(28)22(16-20)26(30)32-2/h3-16,27-28H,1-2H3. The smallest absolute Gasteiger partial charge is 0.341 e. The van der Waals surface area contributed by atoms with Gasteiger partial charge in [0.25, 0.3) is 0 Å². The zero-order chi connectivity index (χ0) is 23.1. The molecule has 0 amide bonds. The summed E-state index contributed by atoms with van der Waals surface area (Å²) in [7, 11) is 2.53. The van der Waals surface area contributed by atoms with Gasteiger partial charge in [0.2, 0.25) is 0 Å². The van der Waals surface area contributed by atoms with Crippen LogP contribution in [0.15, 0.2) is 60.7 Å². The summed E-state index contributed by atoms with van der Waals surface area (Å²) >= 11 is 0. The van der Waals surface area contributed by atoms with Crippen LogP contribution in [0.3, 0.4) is 0 Å². The highest BCUT2D eigenvalue weighted by molar-refractivity contribution is 5.94. The molecule has 0 saturated heterocycles. The maximum Gasteiger partial charge on any atom is 0.341 e. The van der Waals surface area contributed by atoms with Crippen LogP contribution in [-0.4, -0.2) is 36.4 Å². The number of benzene rings is 3. The first-order chi connectivity index (χ1) is 15.4. The summed E-state index contributed by atoms with van der Waals surface area (Å²) in [5, 5.41) is 19.6. The van der Waals surface area contributed by atoms with Gasteiger partial charge >= 0.3 is 11.9 Å². The van der Waals surface area contributed by atoms with Gasteiger partial charge in [0.15, 0.2) is 0 Å². The normalized spacial score (nSPS) is 11.1. The minimum Gasteiger partial charge on any atom is -0.507 e. The number of esters is 2. The van der Waals surface area contributed by atoms with Gasteiger partial charge < -0.3 is 19.7 Å². The second-order valence-corrected chi connectivity index (χ2v) is 6.87. The Morgan fingerprint density at radius 3 is 1.25 bits per heavy atom. The highest BCUT2D eigenvalue weighted by Crippen LogP contribution is 2.22. The molecule has 0 aliphatic rings. The fourth-order valence-electron chi connectivity index (χ4n) is 2.96. The van der Waals surface area contributed by atoms with Crippen LogP contribution in [0.1, 0.15) is 43.0 Å². The van der Waals surface area contributed by atoms with Crippen molar-refractivity contribution in [2.45, 2.75) is 0 Å². The Morgan fingerprint density at radius 2 is 0.906 bits per heavy atom. The molecular formula is C26H22O6. The predicted molar refractivity (Wildman–Crippen MR) is 123 cm³/mol. The maximum atomic E-state index is 11.7. The number of hydrogen-bond donors (Lipinski definition) is 2. The second-order valence-electron chi connectivity index (χ2n) is 6.87. The van der Waals surface area contributed by atoms with Crippen LogP contribution in [0.2, 0.25) is 0 Å². The first kappa shape index (κ1) is 22.4. The molecule has 0 aliphatic heterocycles. The lowest BCUT2D eigenvalue weighted by Crippen LogP contribution is -2.01. The van der Waals surface area contributed by atoms with Crippen LogP contribution >= 0.6 is 0 Å². The number of hydrogen-bond acceptors (Lipinski definition) is 6. The topological polar surface area (TPSA) is 93.1 Å². The molecule has 3 aromatic rings. The summed E-state index contributed by atoms with van der Waals surface area (Å²) in [6.07, 6.45) is 7.45. The largest absolute Gasteiger partial charge is 0.507 e. The Bertz CT molecular complexity index is 1090. The molecule has 0 radical (unpaired) electrons. The van der Waals surface area contributed by atoms with E-state index in [0.717, 1.165) is 22.3 Å². The molecule has 3 aromatic carbocycles. The molecule has 2 N–H and O–H groups in total. The third-order valence-electron chi connectivity index (χ3n) is 4.72. The first-order valence-corrected chi connectivity index (χ1v) is 9.70. The van der Waals surface area contributed by atoms with Gasteiger partial charge in [0, 0.05) is 0 Å². The van der Waals surface area contributed by atoms with E-state index in [1.54, 1.807) is 24.3 Å². The molecule has 0 unspecified atom stereocenters. The van der Waals surface area contributed by atoms with Crippen molar-refractivity contribution in [3.05, 3.63) is 94.0 Å². The first-order valence-electron chi connectivity index (χ1n) is 9.70. The van der Waals surface area contributed by atoms with Gasteiger partial charge in [0.05, 0.1) is 14.2 Å². The highest BCUT2D eigenvalue weighted by Gasteiger charge is 2.12. The molecule has 6 nitrogen and oxygen atoms in total. The fraction of sp³-hybridized carbons (Fsp3) is 0.0769. The lowest BCUT2D eigenvalue weighted by Gasteiger charge is -2.04. The van der Waals surface area contributed by atoms with E-state index in [9.17, 15) is 19.8 Å². The number of phenolic OH excluding ortho intramolecular Hbond substituents is 2.